The van der Waals surface area contributed by atoms with E-state index in [-0.39, 0.29) is 35.8 Å². The number of hydrogen-bond acceptors (Lipinski definition) is 2. The van der Waals surface area contributed by atoms with Crippen molar-refractivity contribution in [2.75, 3.05) is 6.54 Å². The molecule has 6 heteroatoms. The minimum atomic E-state index is -1.63. The molecule has 1 saturated heterocycles. The second-order valence-corrected chi connectivity index (χ2v) is 6.33. The quantitative estimate of drug-likeness (QED) is 0.590. The Labute approximate surface area is 120 Å². The molecule has 21 heavy (non-hydrogen) atoms. The van der Waals surface area contributed by atoms with Crippen LogP contribution in [-0.4, -0.2) is 23.3 Å². The zero-order chi connectivity index (χ0) is 15.9. The van der Waals surface area contributed by atoms with E-state index in [4.69, 9.17) is 0 Å². The fraction of sp³-hybridized carbons (Fsp3) is 0.467. The van der Waals surface area contributed by atoms with Gasteiger partial charge in [-0.25, -0.2) is 13.2 Å². The highest BCUT2D eigenvalue weighted by atomic mass is 19.2. The first-order valence-electron chi connectivity index (χ1n) is 6.60. The zero-order valence-electron chi connectivity index (χ0n) is 12.0. The minimum Gasteiger partial charge on any atom is -0.278 e. The molecule has 0 saturated carbocycles. The maximum atomic E-state index is 13.2. The van der Waals surface area contributed by atoms with E-state index in [1.807, 2.05) is 20.8 Å². The Morgan fingerprint density at radius 3 is 2.14 bits per heavy atom. The summed E-state index contributed by atoms with van der Waals surface area (Å²) >= 11 is 0. The predicted molar refractivity (Wildman–Crippen MR) is 69.9 cm³/mol. The first-order chi connectivity index (χ1) is 9.61. The van der Waals surface area contributed by atoms with Gasteiger partial charge in [-0.2, -0.15) is 0 Å². The minimum absolute atomic E-state index is 0.0240. The molecule has 2 rings (SSSR count). The van der Waals surface area contributed by atoms with Crippen LogP contribution in [0.2, 0.25) is 0 Å². The largest absolute Gasteiger partial charge is 0.278 e. The van der Waals surface area contributed by atoms with Crippen molar-refractivity contribution in [2.24, 2.45) is 11.3 Å². The Hall–Kier alpha value is -1.85. The van der Waals surface area contributed by atoms with Gasteiger partial charge in [-0.15, -0.1) is 0 Å². The van der Waals surface area contributed by atoms with Crippen LogP contribution in [0, 0.1) is 28.8 Å². The molecule has 0 N–H and O–H groups in total. The maximum Gasteiger partial charge on any atom is 0.260 e. The Morgan fingerprint density at radius 1 is 1.19 bits per heavy atom. The van der Waals surface area contributed by atoms with E-state index in [0.29, 0.717) is 12.1 Å². The number of carbonyl (C=O) groups is 2. The summed E-state index contributed by atoms with van der Waals surface area (Å²) in [6.45, 7) is 6.06. The van der Waals surface area contributed by atoms with Crippen molar-refractivity contribution in [3.05, 3.63) is 35.1 Å². The van der Waals surface area contributed by atoms with Crippen LogP contribution in [0.5, 0.6) is 0 Å². The van der Waals surface area contributed by atoms with Gasteiger partial charge in [0.2, 0.25) is 5.91 Å². The van der Waals surface area contributed by atoms with E-state index >= 15 is 0 Å². The highest BCUT2D eigenvalue weighted by Gasteiger charge is 2.40. The molecule has 0 radical (unpaired) electrons. The third-order valence-corrected chi connectivity index (χ3v) is 3.83. The van der Waals surface area contributed by atoms with Crippen molar-refractivity contribution < 1.29 is 22.8 Å². The monoisotopic (exact) mass is 299 g/mol. The summed E-state index contributed by atoms with van der Waals surface area (Å²) in [4.78, 5) is 25.1. The Kier molecular flexibility index (Phi) is 3.82. The molecule has 1 atom stereocenters. The van der Waals surface area contributed by atoms with E-state index in [2.05, 4.69) is 0 Å². The van der Waals surface area contributed by atoms with Crippen LogP contribution >= 0.6 is 0 Å². The molecule has 1 unspecified atom stereocenters. The lowest BCUT2D eigenvalue weighted by atomic mass is 9.80. The van der Waals surface area contributed by atoms with Crippen molar-refractivity contribution in [3.63, 3.8) is 0 Å². The van der Waals surface area contributed by atoms with Gasteiger partial charge in [-0.3, -0.25) is 14.5 Å². The second kappa shape index (κ2) is 5.16. The molecular weight excluding hydrogens is 283 g/mol. The van der Waals surface area contributed by atoms with E-state index < -0.39 is 23.4 Å². The van der Waals surface area contributed by atoms with Crippen molar-refractivity contribution >= 4 is 11.8 Å². The highest BCUT2D eigenvalue weighted by Crippen LogP contribution is 2.34. The lowest BCUT2D eigenvalue weighted by Gasteiger charge is -2.26. The standard InChI is InChI=1S/C15H16F3NO2/c1-15(2,3)9-6-12(20)19(7-9)14(21)8-4-10(16)13(18)11(17)5-8/h4-5,9H,6-7H2,1-3H3. The molecule has 0 spiro atoms. The molecule has 0 bridgehead atoms. The van der Waals surface area contributed by atoms with E-state index in [1.165, 1.54) is 0 Å². The predicted octanol–water partition coefficient (Wildman–Crippen LogP) is 3.14. The van der Waals surface area contributed by atoms with Gasteiger partial charge in [0, 0.05) is 18.5 Å². The highest BCUT2D eigenvalue weighted by molar-refractivity contribution is 6.05. The molecule has 1 aromatic rings. The Morgan fingerprint density at radius 2 is 1.71 bits per heavy atom. The van der Waals surface area contributed by atoms with Crippen molar-refractivity contribution in [2.45, 2.75) is 27.2 Å². The fourth-order valence-corrected chi connectivity index (χ4v) is 2.32. The number of likely N-dealkylation sites (tertiary alicyclic amines) is 1. The molecule has 1 heterocycles. The lowest BCUT2D eigenvalue weighted by molar-refractivity contribution is -0.125. The van der Waals surface area contributed by atoms with Gasteiger partial charge in [-0.05, 0) is 23.5 Å². The normalized spacial score (nSPS) is 19.2. The number of benzene rings is 1. The zero-order valence-corrected chi connectivity index (χ0v) is 12.0. The average molecular weight is 299 g/mol. The summed E-state index contributed by atoms with van der Waals surface area (Å²) in [5.74, 6) is -5.74. The van der Waals surface area contributed by atoms with Gasteiger partial charge in [0.15, 0.2) is 17.5 Å². The molecule has 1 aliphatic rings. The third-order valence-electron chi connectivity index (χ3n) is 3.83. The average Bonchev–Trinajstić information content (AvgIpc) is 2.76. The first-order valence-corrected chi connectivity index (χ1v) is 6.60. The molecule has 1 aliphatic heterocycles. The van der Waals surface area contributed by atoms with Gasteiger partial charge in [0.1, 0.15) is 0 Å². The number of nitrogens with zero attached hydrogens (tertiary/aromatic N) is 1. The van der Waals surface area contributed by atoms with E-state index in [1.54, 1.807) is 0 Å². The molecule has 0 aliphatic carbocycles. The van der Waals surface area contributed by atoms with Crippen LogP contribution in [0.4, 0.5) is 13.2 Å². The topological polar surface area (TPSA) is 37.4 Å². The fourth-order valence-electron chi connectivity index (χ4n) is 2.32. The molecule has 1 fully saturated rings. The van der Waals surface area contributed by atoms with Crippen molar-refractivity contribution in [1.29, 1.82) is 0 Å². The van der Waals surface area contributed by atoms with Crippen molar-refractivity contribution in [1.82, 2.24) is 4.90 Å². The summed E-state index contributed by atoms with van der Waals surface area (Å²) in [5, 5.41) is 0. The van der Waals surface area contributed by atoms with Gasteiger partial charge in [0.25, 0.3) is 5.91 Å². The maximum absolute atomic E-state index is 13.2. The molecule has 0 aromatic heterocycles. The van der Waals surface area contributed by atoms with Crippen LogP contribution in [-0.2, 0) is 4.79 Å². The summed E-state index contributed by atoms with van der Waals surface area (Å²) in [5.41, 5.74) is -0.529. The molecule has 3 nitrogen and oxygen atoms in total. The summed E-state index contributed by atoms with van der Waals surface area (Å²) in [7, 11) is 0. The number of hydrogen-bond donors (Lipinski definition) is 0. The molecule has 114 valence electrons. The number of rotatable bonds is 1. The van der Waals surface area contributed by atoms with Gasteiger partial charge >= 0.3 is 0 Å². The van der Waals surface area contributed by atoms with Gasteiger partial charge in [0.05, 0.1) is 0 Å². The van der Waals surface area contributed by atoms with E-state index in [9.17, 15) is 22.8 Å². The van der Waals surface area contributed by atoms with Crippen LogP contribution in [0.1, 0.15) is 37.6 Å². The van der Waals surface area contributed by atoms with Crippen LogP contribution in [0.3, 0.4) is 0 Å². The van der Waals surface area contributed by atoms with Crippen LogP contribution in [0.15, 0.2) is 12.1 Å². The van der Waals surface area contributed by atoms with Crippen molar-refractivity contribution in [3.8, 4) is 0 Å². The van der Waals surface area contributed by atoms with Gasteiger partial charge in [-0.1, -0.05) is 20.8 Å². The number of amides is 2. The lowest BCUT2D eigenvalue weighted by Crippen LogP contribution is -2.33. The Balaban J connectivity index is 2.27. The summed E-state index contributed by atoms with van der Waals surface area (Å²) in [6, 6.07) is 1.22. The SMILES string of the molecule is CC(C)(C)C1CC(=O)N(C(=O)c2cc(F)c(F)c(F)c2)C1. The second-order valence-electron chi connectivity index (χ2n) is 6.33. The van der Waals surface area contributed by atoms with E-state index in [0.717, 1.165) is 4.90 Å². The smallest absolute Gasteiger partial charge is 0.260 e. The van der Waals surface area contributed by atoms with Crippen LogP contribution in [0.25, 0.3) is 0 Å². The Bertz CT molecular complexity index is 584. The molecule has 2 amide bonds. The van der Waals surface area contributed by atoms with Crippen LogP contribution < -0.4 is 0 Å². The number of carbonyl (C=O) groups excluding carboxylic acids is 2. The van der Waals surface area contributed by atoms with Gasteiger partial charge < -0.3 is 0 Å². The first kappa shape index (κ1) is 15.5. The summed E-state index contributed by atoms with van der Waals surface area (Å²) in [6.07, 6.45) is 0.210. The number of imide groups is 1. The third kappa shape index (κ3) is 2.94. The molecular formula is C15H16F3NO2. The summed E-state index contributed by atoms with van der Waals surface area (Å²) < 4.78 is 39.3. The number of halogens is 3. The molecule has 1 aromatic carbocycles.